The van der Waals surface area contributed by atoms with Crippen LogP contribution in [0.1, 0.15) is 33.3 Å². The Labute approximate surface area is 103 Å². The highest BCUT2D eigenvalue weighted by Crippen LogP contribution is 2.31. The zero-order valence-electron chi connectivity index (χ0n) is 11.0. The highest BCUT2D eigenvalue weighted by Gasteiger charge is 2.22. The van der Waals surface area contributed by atoms with E-state index < -0.39 is 0 Å². The number of benzene rings is 1. The smallest absolute Gasteiger partial charge is 0.223 e. The Morgan fingerprint density at radius 1 is 1.35 bits per heavy atom. The van der Waals surface area contributed by atoms with E-state index >= 15 is 0 Å². The molecular weight excluding hydrogens is 212 g/mol. The molecule has 0 aromatic heterocycles. The Balaban J connectivity index is 2.25. The number of nitrogens with one attached hydrogen (secondary N) is 1. The average molecular weight is 232 g/mol. The molecule has 0 saturated heterocycles. The zero-order chi connectivity index (χ0) is 12.6. The van der Waals surface area contributed by atoms with Crippen molar-refractivity contribution in [2.75, 3.05) is 16.8 Å². The number of carbonyl (C=O) groups is 1. The molecule has 0 radical (unpaired) electrons. The first kappa shape index (κ1) is 12.0. The molecule has 3 heteroatoms. The van der Waals surface area contributed by atoms with Crippen LogP contribution in [-0.2, 0) is 11.2 Å². The molecule has 0 fully saturated rings. The summed E-state index contributed by atoms with van der Waals surface area (Å²) in [5, 5.41) is 3.45. The lowest BCUT2D eigenvalue weighted by molar-refractivity contribution is -0.116. The maximum Gasteiger partial charge on any atom is 0.223 e. The summed E-state index contributed by atoms with van der Waals surface area (Å²) in [5.74, 6) is 0.125. The molecule has 2 rings (SSSR count). The number of carbonyl (C=O) groups excluding carboxylic acids is 1. The maximum atomic E-state index is 11.4. The van der Waals surface area contributed by atoms with Crippen LogP contribution in [0.3, 0.4) is 0 Å². The Kier molecular flexibility index (Phi) is 2.86. The van der Waals surface area contributed by atoms with Gasteiger partial charge in [-0.25, -0.2) is 0 Å². The van der Waals surface area contributed by atoms with Crippen LogP contribution in [0.2, 0.25) is 0 Å². The van der Waals surface area contributed by atoms with Crippen LogP contribution in [0.5, 0.6) is 0 Å². The molecule has 0 spiro atoms. The Bertz CT molecular complexity index is 446. The van der Waals surface area contributed by atoms with Crippen LogP contribution in [-0.4, -0.2) is 18.0 Å². The second-order valence-corrected chi connectivity index (χ2v) is 5.64. The van der Waals surface area contributed by atoms with Crippen molar-refractivity contribution in [2.45, 2.75) is 39.7 Å². The van der Waals surface area contributed by atoms with Gasteiger partial charge in [0.05, 0.1) is 0 Å². The minimum absolute atomic E-state index is 0.0626. The van der Waals surface area contributed by atoms with E-state index in [1.54, 1.807) is 6.92 Å². The normalized spacial score (nSPS) is 14.7. The van der Waals surface area contributed by atoms with Crippen molar-refractivity contribution >= 4 is 17.3 Å². The topological polar surface area (TPSA) is 32.3 Å². The van der Waals surface area contributed by atoms with Crippen molar-refractivity contribution < 1.29 is 4.79 Å². The molecule has 3 nitrogen and oxygen atoms in total. The van der Waals surface area contributed by atoms with Gasteiger partial charge in [-0.3, -0.25) is 4.79 Å². The van der Waals surface area contributed by atoms with Gasteiger partial charge in [-0.05, 0) is 51.0 Å². The van der Waals surface area contributed by atoms with Crippen LogP contribution in [0.15, 0.2) is 18.2 Å². The van der Waals surface area contributed by atoms with Crippen LogP contribution >= 0.6 is 0 Å². The van der Waals surface area contributed by atoms with Gasteiger partial charge in [-0.15, -0.1) is 0 Å². The first-order valence-electron chi connectivity index (χ1n) is 6.06. The van der Waals surface area contributed by atoms with E-state index in [2.05, 4.69) is 32.2 Å². The molecule has 92 valence electrons. The van der Waals surface area contributed by atoms with Crippen molar-refractivity contribution in [2.24, 2.45) is 0 Å². The molecule has 0 aliphatic carbocycles. The van der Waals surface area contributed by atoms with Gasteiger partial charge in [-0.2, -0.15) is 0 Å². The van der Waals surface area contributed by atoms with E-state index in [9.17, 15) is 4.79 Å². The molecule has 1 aromatic carbocycles. The van der Waals surface area contributed by atoms with Crippen molar-refractivity contribution in [3.05, 3.63) is 23.8 Å². The van der Waals surface area contributed by atoms with Gasteiger partial charge in [0.25, 0.3) is 0 Å². The lowest BCUT2D eigenvalue weighted by atomic mass is 10.1. The molecule has 0 atom stereocenters. The first-order valence-corrected chi connectivity index (χ1v) is 6.06. The Hall–Kier alpha value is -1.51. The molecule has 0 saturated carbocycles. The molecule has 1 aromatic rings. The Morgan fingerprint density at radius 3 is 2.65 bits per heavy atom. The van der Waals surface area contributed by atoms with Gasteiger partial charge < -0.3 is 10.2 Å². The number of amides is 1. The second-order valence-electron chi connectivity index (χ2n) is 5.64. The minimum Gasteiger partial charge on any atom is -0.380 e. The van der Waals surface area contributed by atoms with Crippen molar-refractivity contribution in [3.8, 4) is 0 Å². The summed E-state index contributed by atoms with van der Waals surface area (Å²) in [5.41, 5.74) is 3.51. The summed E-state index contributed by atoms with van der Waals surface area (Å²) < 4.78 is 0. The molecule has 1 heterocycles. The third kappa shape index (κ3) is 2.60. The molecule has 1 aliphatic rings. The highest BCUT2D eigenvalue weighted by molar-refractivity contribution is 5.94. The quantitative estimate of drug-likeness (QED) is 0.807. The fourth-order valence-corrected chi connectivity index (χ4v) is 2.24. The molecule has 1 amide bonds. The summed E-state index contributed by atoms with van der Waals surface area (Å²) in [7, 11) is 0. The first-order chi connectivity index (χ1) is 7.87. The minimum atomic E-state index is 0.0626. The van der Waals surface area contributed by atoms with Gasteiger partial charge in [0.2, 0.25) is 5.91 Å². The van der Waals surface area contributed by atoms with E-state index in [-0.39, 0.29) is 11.4 Å². The maximum absolute atomic E-state index is 11.4. The van der Waals surface area contributed by atoms with Crippen molar-refractivity contribution in [1.29, 1.82) is 0 Å². The van der Waals surface area contributed by atoms with E-state index in [1.807, 2.05) is 17.0 Å². The summed E-state index contributed by atoms with van der Waals surface area (Å²) in [4.78, 5) is 13.3. The fourth-order valence-electron chi connectivity index (χ4n) is 2.24. The molecule has 1 aliphatic heterocycles. The third-order valence-corrected chi connectivity index (χ3v) is 2.87. The number of fused-ring (bicyclic) bond motifs is 1. The Morgan fingerprint density at radius 2 is 2.06 bits per heavy atom. The van der Waals surface area contributed by atoms with Gasteiger partial charge in [0, 0.05) is 30.4 Å². The van der Waals surface area contributed by atoms with Crippen LogP contribution in [0.25, 0.3) is 0 Å². The van der Waals surface area contributed by atoms with Crippen LogP contribution in [0.4, 0.5) is 11.4 Å². The van der Waals surface area contributed by atoms with Crippen LogP contribution in [0, 0.1) is 0 Å². The highest BCUT2D eigenvalue weighted by atomic mass is 16.2. The van der Waals surface area contributed by atoms with Gasteiger partial charge in [-0.1, -0.05) is 0 Å². The van der Waals surface area contributed by atoms with E-state index in [4.69, 9.17) is 0 Å². The summed E-state index contributed by atoms with van der Waals surface area (Å²) >= 11 is 0. The summed E-state index contributed by atoms with van der Waals surface area (Å²) in [6.45, 7) is 8.85. The number of hydrogen-bond acceptors (Lipinski definition) is 2. The SMILES string of the molecule is CC(=O)N1CCc2cc(NC(C)(C)C)ccc21. The van der Waals surface area contributed by atoms with Gasteiger partial charge in [0.1, 0.15) is 0 Å². The fraction of sp³-hybridized carbons (Fsp3) is 0.500. The lowest BCUT2D eigenvalue weighted by Gasteiger charge is -2.23. The molecule has 1 N–H and O–H groups in total. The molecule has 17 heavy (non-hydrogen) atoms. The number of rotatable bonds is 1. The van der Waals surface area contributed by atoms with E-state index in [1.165, 1.54) is 5.56 Å². The molecule has 0 unspecified atom stereocenters. The summed E-state index contributed by atoms with van der Waals surface area (Å²) in [6, 6.07) is 6.24. The van der Waals surface area contributed by atoms with Crippen LogP contribution < -0.4 is 10.2 Å². The predicted molar refractivity (Wildman–Crippen MR) is 71.5 cm³/mol. The predicted octanol–water partition coefficient (Wildman–Crippen LogP) is 2.81. The van der Waals surface area contributed by atoms with Crippen molar-refractivity contribution in [3.63, 3.8) is 0 Å². The van der Waals surface area contributed by atoms with Gasteiger partial charge >= 0.3 is 0 Å². The standard InChI is InChI=1S/C14H20N2O/c1-10(17)16-8-7-11-9-12(5-6-13(11)16)15-14(2,3)4/h5-6,9,15H,7-8H2,1-4H3. The van der Waals surface area contributed by atoms with Gasteiger partial charge in [0.15, 0.2) is 0 Å². The number of hydrogen-bond donors (Lipinski definition) is 1. The monoisotopic (exact) mass is 232 g/mol. The lowest BCUT2D eigenvalue weighted by Crippen LogP contribution is -2.26. The second kappa shape index (κ2) is 4.06. The number of nitrogens with zero attached hydrogens (tertiary/aromatic N) is 1. The third-order valence-electron chi connectivity index (χ3n) is 2.87. The molecule has 0 bridgehead atoms. The van der Waals surface area contributed by atoms with Crippen molar-refractivity contribution in [1.82, 2.24) is 0 Å². The zero-order valence-corrected chi connectivity index (χ0v) is 11.0. The van der Waals surface area contributed by atoms with E-state index in [0.29, 0.717) is 0 Å². The van der Waals surface area contributed by atoms with E-state index in [0.717, 1.165) is 24.3 Å². The molecular formula is C14H20N2O. The number of anilines is 2. The summed E-state index contributed by atoms with van der Waals surface area (Å²) in [6.07, 6.45) is 0.953. The largest absolute Gasteiger partial charge is 0.380 e. The average Bonchev–Trinajstić information content (AvgIpc) is 2.57.